The summed E-state index contributed by atoms with van der Waals surface area (Å²) in [5.41, 5.74) is 3.16. The van der Waals surface area contributed by atoms with Crippen LogP contribution >= 0.6 is 11.6 Å². The summed E-state index contributed by atoms with van der Waals surface area (Å²) >= 11 is 6.08. The SMILES string of the molecule is CCNC(=NCCc1cn2ccccc2n1)N(C)Cc1cc(Cl)cn1C. The summed E-state index contributed by atoms with van der Waals surface area (Å²) < 4.78 is 4.08. The summed E-state index contributed by atoms with van der Waals surface area (Å²) in [4.78, 5) is 11.5. The lowest BCUT2D eigenvalue weighted by molar-refractivity contribution is 0.462. The van der Waals surface area contributed by atoms with Gasteiger partial charge in [-0.1, -0.05) is 17.7 Å². The number of aliphatic imine (C=N–C) groups is 1. The van der Waals surface area contributed by atoms with Gasteiger partial charge in [0.25, 0.3) is 0 Å². The van der Waals surface area contributed by atoms with E-state index in [2.05, 4.69) is 28.3 Å². The van der Waals surface area contributed by atoms with Gasteiger partial charge in [0.05, 0.1) is 17.3 Å². The maximum Gasteiger partial charge on any atom is 0.194 e. The molecule has 3 rings (SSSR count). The highest BCUT2D eigenvalue weighted by molar-refractivity contribution is 6.30. The van der Waals surface area contributed by atoms with E-state index in [-0.39, 0.29) is 0 Å². The molecule has 0 saturated carbocycles. The van der Waals surface area contributed by atoms with Gasteiger partial charge in [0.15, 0.2) is 5.96 Å². The van der Waals surface area contributed by atoms with Crippen LogP contribution in [0.1, 0.15) is 18.3 Å². The Kier molecular flexibility index (Phi) is 5.83. The van der Waals surface area contributed by atoms with Crippen LogP contribution in [0.3, 0.4) is 0 Å². The van der Waals surface area contributed by atoms with Gasteiger partial charge in [-0.3, -0.25) is 4.99 Å². The first-order valence-corrected chi connectivity index (χ1v) is 9.17. The molecule has 0 saturated heterocycles. The van der Waals surface area contributed by atoms with Crippen molar-refractivity contribution in [1.82, 2.24) is 24.2 Å². The van der Waals surface area contributed by atoms with Crippen molar-refractivity contribution in [1.29, 1.82) is 0 Å². The van der Waals surface area contributed by atoms with Crippen LogP contribution in [0.5, 0.6) is 0 Å². The molecular formula is C19H25ClN6. The third-order valence-electron chi connectivity index (χ3n) is 4.21. The zero-order chi connectivity index (χ0) is 18.5. The Morgan fingerprint density at radius 2 is 2.19 bits per heavy atom. The number of nitrogens with zero attached hydrogens (tertiary/aromatic N) is 5. The Hall–Kier alpha value is -2.47. The number of hydrogen-bond donors (Lipinski definition) is 1. The number of imidazole rings is 1. The molecule has 0 aliphatic heterocycles. The number of halogens is 1. The maximum atomic E-state index is 6.08. The first-order valence-electron chi connectivity index (χ1n) is 8.79. The van der Waals surface area contributed by atoms with Gasteiger partial charge in [-0.05, 0) is 25.1 Å². The number of fused-ring (bicyclic) bond motifs is 1. The molecule has 6 nitrogen and oxygen atoms in total. The Bertz CT molecular complexity index is 861. The number of hydrogen-bond acceptors (Lipinski definition) is 2. The van der Waals surface area contributed by atoms with Crippen molar-refractivity contribution in [2.24, 2.45) is 12.0 Å². The number of pyridine rings is 1. The molecule has 0 aliphatic rings. The molecule has 0 unspecified atom stereocenters. The van der Waals surface area contributed by atoms with Crippen LogP contribution < -0.4 is 5.32 Å². The smallest absolute Gasteiger partial charge is 0.194 e. The molecule has 3 heterocycles. The summed E-state index contributed by atoms with van der Waals surface area (Å²) in [5.74, 6) is 0.883. The molecule has 0 bridgehead atoms. The van der Waals surface area contributed by atoms with Gasteiger partial charge < -0.3 is 19.2 Å². The number of aryl methyl sites for hydroxylation is 1. The van der Waals surface area contributed by atoms with Crippen molar-refractivity contribution in [2.45, 2.75) is 19.9 Å². The molecule has 26 heavy (non-hydrogen) atoms. The van der Waals surface area contributed by atoms with Crippen LogP contribution in [0.25, 0.3) is 5.65 Å². The molecule has 0 atom stereocenters. The predicted octanol–water partition coefficient (Wildman–Crippen LogP) is 2.97. The van der Waals surface area contributed by atoms with Crippen molar-refractivity contribution in [3.63, 3.8) is 0 Å². The molecule has 0 aromatic carbocycles. The van der Waals surface area contributed by atoms with Crippen molar-refractivity contribution in [3.8, 4) is 0 Å². The number of nitrogens with one attached hydrogen (secondary N) is 1. The van der Waals surface area contributed by atoms with Gasteiger partial charge in [0.2, 0.25) is 0 Å². The van der Waals surface area contributed by atoms with E-state index < -0.39 is 0 Å². The summed E-state index contributed by atoms with van der Waals surface area (Å²) in [7, 11) is 4.04. The van der Waals surface area contributed by atoms with E-state index in [9.17, 15) is 0 Å². The highest BCUT2D eigenvalue weighted by atomic mass is 35.5. The van der Waals surface area contributed by atoms with Crippen molar-refractivity contribution < 1.29 is 0 Å². The fraction of sp³-hybridized carbons (Fsp3) is 0.368. The van der Waals surface area contributed by atoms with E-state index in [0.717, 1.165) is 47.5 Å². The second-order valence-electron chi connectivity index (χ2n) is 6.30. The second-order valence-corrected chi connectivity index (χ2v) is 6.74. The van der Waals surface area contributed by atoms with Gasteiger partial charge in [-0.2, -0.15) is 0 Å². The van der Waals surface area contributed by atoms with Crippen molar-refractivity contribution >= 4 is 23.2 Å². The third kappa shape index (κ3) is 4.38. The topological polar surface area (TPSA) is 49.9 Å². The van der Waals surface area contributed by atoms with E-state index >= 15 is 0 Å². The predicted molar refractivity (Wildman–Crippen MR) is 107 cm³/mol. The second kappa shape index (κ2) is 8.27. The van der Waals surface area contributed by atoms with Gasteiger partial charge in [-0.25, -0.2) is 4.98 Å². The zero-order valence-corrected chi connectivity index (χ0v) is 16.2. The molecule has 0 spiro atoms. The molecule has 0 amide bonds. The number of aromatic nitrogens is 3. The van der Waals surface area contributed by atoms with E-state index in [1.54, 1.807) is 0 Å². The van der Waals surface area contributed by atoms with Crippen LogP contribution in [-0.2, 0) is 20.0 Å². The van der Waals surface area contributed by atoms with Crippen LogP contribution in [0.15, 0.2) is 47.8 Å². The highest BCUT2D eigenvalue weighted by Gasteiger charge is 2.10. The normalized spacial score (nSPS) is 11.9. The molecule has 1 N–H and O–H groups in total. The maximum absolute atomic E-state index is 6.08. The fourth-order valence-electron chi connectivity index (χ4n) is 2.89. The third-order valence-corrected chi connectivity index (χ3v) is 4.42. The summed E-state index contributed by atoms with van der Waals surface area (Å²) in [5, 5.41) is 4.10. The average molecular weight is 373 g/mol. The highest BCUT2D eigenvalue weighted by Crippen LogP contribution is 2.14. The first kappa shape index (κ1) is 18.3. The average Bonchev–Trinajstić information content (AvgIpc) is 3.16. The Balaban J connectivity index is 1.65. The molecule has 3 aromatic rings. The number of rotatable bonds is 6. The minimum absolute atomic E-state index is 0.685. The quantitative estimate of drug-likeness (QED) is 0.534. The molecule has 138 valence electrons. The molecule has 0 radical (unpaired) electrons. The van der Waals surface area contributed by atoms with Crippen LogP contribution in [0.4, 0.5) is 0 Å². The molecular weight excluding hydrogens is 348 g/mol. The standard InChI is InChI=1S/C19H25ClN6/c1-4-21-19(25(3)14-17-11-15(20)12-24(17)2)22-9-8-16-13-26-10-6-5-7-18(26)23-16/h5-7,10-13H,4,8-9,14H2,1-3H3,(H,21,22). The number of guanidine groups is 1. The van der Waals surface area contributed by atoms with Crippen LogP contribution in [-0.4, -0.2) is 44.9 Å². The van der Waals surface area contributed by atoms with Crippen LogP contribution in [0.2, 0.25) is 5.02 Å². The fourth-order valence-corrected chi connectivity index (χ4v) is 3.17. The van der Waals surface area contributed by atoms with E-state index in [0.29, 0.717) is 6.54 Å². The minimum Gasteiger partial charge on any atom is -0.357 e. The van der Waals surface area contributed by atoms with E-state index in [4.69, 9.17) is 16.6 Å². The Morgan fingerprint density at radius 3 is 2.88 bits per heavy atom. The lowest BCUT2D eigenvalue weighted by atomic mass is 10.3. The van der Waals surface area contributed by atoms with Crippen LogP contribution in [0, 0.1) is 0 Å². The van der Waals surface area contributed by atoms with E-state index in [1.165, 1.54) is 0 Å². The van der Waals surface area contributed by atoms with Gasteiger partial charge in [0.1, 0.15) is 5.65 Å². The lowest BCUT2D eigenvalue weighted by Crippen LogP contribution is -2.39. The largest absolute Gasteiger partial charge is 0.357 e. The van der Waals surface area contributed by atoms with Gasteiger partial charge in [0, 0.05) is 57.9 Å². The van der Waals surface area contributed by atoms with Crippen molar-refractivity contribution in [3.05, 3.63) is 59.3 Å². The lowest BCUT2D eigenvalue weighted by Gasteiger charge is -2.22. The van der Waals surface area contributed by atoms with Crippen molar-refractivity contribution in [2.75, 3.05) is 20.1 Å². The summed E-state index contributed by atoms with van der Waals surface area (Å²) in [6.45, 7) is 4.32. The van der Waals surface area contributed by atoms with E-state index in [1.807, 2.05) is 59.7 Å². The Labute approximate surface area is 159 Å². The Morgan fingerprint density at radius 1 is 1.35 bits per heavy atom. The monoisotopic (exact) mass is 372 g/mol. The molecule has 3 aromatic heterocycles. The minimum atomic E-state index is 0.685. The van der Waals surface area contributed by atoms with Gasteiger partial charge in [-0.15, -0.1) is 0 Å². The summed E-state index contributed by atoms with van der Waals surface area (Å²) in [6.07, 6.45) is 6.80. The first-order chi connectivity index (χ1) is 12.6. The zero-order valence-electron chi connectivity index (χ0n) is 15.5. The molecule has 0 aliphatic carbocycles. The molecule has 7 heteroatoms. The summed E-state index contributed by atoms with van der Waals surface area (Å²) in [6, 6.07) is 8.00. The van der Waals surface area contributed by atoms with Gasteiger partial charge >= 0.3 is 0 Å². The molecule has 0 fully saturated rings.